The Bertz CT molecular complexity index is 1060. The quantitative estimate of drug-likeness (QED) is 0.558. The molecule has 1 aromatic heterocycles. The van der Waals surface area contributed by atoms with Crippen molar-refractivity contribution in [2.45, 2.75) is 6.92 Å². The number of aliphatic imine (C=N–C) groups is 1. The summed E-state index contributed by atoms with van der Waals surface area (Å²) in [6.07, 6.45) is 1.68. The Labute approximate surface area is 164 Å². The lowest BCUT2D eigenvalue weighted by molar-refractivity contribution is -0.113. The molecule has 27 heavy (non-hydrogen) atoms. The maximum atomic E-state index is 13.5. The van der Waals surface area contributed by atoms with Crippen LogP contribution < -0.4 is 4.90 Å². The minimum Gasteiger partial charge on any atom is -0.268 e. The number of amides is 1. The lowest BCUT2D eigenvalue weighted by Gasteiger charge is -2.14. The molecule has 0 spiro atoms. The molecule has 4 rings (SSSR count). The smallest absolute Gasteiger partial charge is 0.268 e. The molecule has 1 amide bonds. The van der Waals surface area contributed by atoms with Gasteiger partial charge in [0.1, 0.15) is 5.82 Å². The third-order valence-corrected chi connectivity index (χ3v) is 5.59. The topological polar surface area (TPSA) is 45.6 Å². The number of nitrogens with zero attached hydrogens (tertiary/aromatic N) is 3. The first-order valence-electron chi connectivity index (χ1n) is 8.15. The Hall–Kier alpha value is -2.77. The molecule has 1 aliphatic heterocycles. The molecular formula is C20H14FN3OS2. The van der Waals surface area contributed by atoms with Crippen molar-refractivity contribution in [3.05, 3.63) is 82.0 Å². The van der Waals surface area contributed by atoms with Crippen molar-refractivity contribution >= 4 is 51.1 Å². The Balaban J connectivity index is 1.77. The van der Waals surface area contributed by atoms with Crippen LogP contribution in [0, 0.1) is 12.7 Å². The van der Waals surface area contributed by atoms with Gasteiger partial charge in [0.2, 0.25) is 5.13 Å². The van der Waals surface area contributed by atoms with Gasteiger partial charge in [-0.2, -0.15) is 4.99 Å². The molecule has 0 N–H and O–H groups in total. The Morgan fingerprint density at radius 1 is 1.15 bits per heavy atom. The number of amidine groups is 1. The molecule has 7 heteroatoms. The van der Waals surface area contributed by atoms with Gasteiger partial charge in [0.25, 0.3) is 5.91 Å². The van der Waals surface area contributed by atoms with Gasteiger partial charge >= 0.3 is 0 Å². The van der Waals surface area contributed by atoms with Crippen molar-refractivity contribution in [3.8, 4) is 0 Å². The summed E-state index contributed by atoms with van der Waals surface area (Å²) in [4.78, 5) is 24.0. The number of para-hydroxylation sites is 1. The standard InChI is InChI=1S/C20H14FN3OS2/c1-13-12-26-19(22-13)23-20-24(16-8-3-2-4-9-16)18(25)17(27-20)11-14-6-5-7-15(21)10-14/h2-12H,1H3/b17-11-,23-20+. The summed E-state index contributed by atoms with van der Waals surface area (Å²) in [6, 6.07) is 15.5. The van der Waals surface area contributed by atoms with Crippen LogP contribution in [-0.4, -0.2) is 16.1 Å². The van der Waals surface area contributed by atoms with Gasteiger partial charge in [-0.25, -0.2) is 9.37 Å². The van der Waals surface area contributed by atoms with E-state index >= 15 is 0 Å². The van der Waals surface area contributed by atoms with E-state index in [4.69, 9.17) is 0 Å². The van der Waals surface area contributed by atoms with E-state index in [9.17, 15) is 9.18 Å². The predicted molar refractivity (Wildman–Crippen MR) is 110 cm³/mol. The molecule has 3 aromatic rings. The monoisotopic (exact) mass is 395 g/mol. The number of hydrogen-bond acceptors (Lipinski definition) is 5. The average molecular weight is 395 g/mol. The largest absolute Gasteiger partial charge is 0.271 e. The number of hydrogen-bond donors (Lipinski definition) is 0. The molecule has 0 aliphatic carbocycles. The molecule has 0 atom stereocenters. The van der Waals surface area contributed by atoms with Crippen LogP contribution in [0.1, 0.15) is 11.3 Å². The fourth-order valence-corrected chi connectivity index (χ4v) is 4.28. The zero-order valence-electron chi connectivity index (χ0n) is 14.3. The van der Waals surface area contributed by atoms with Gasteiger partial charge in [0.15, 0.2) is 5.17 Å². The second-order valence-electron chi connectivity index (χ2n) is 5.81. The van der Waals surface area contributed by atoms with E-state index in [-0.39, 0.29) is 11.7 Å². The van der Waals surface area contributed by atoms with E-state index in [1.54, 1.807) is 23.1 Å². The molecule has 0 bridgehead atoms. The summed E-state index contributed by atoms with van der Waals surface area (Å²) in [7, 11) is 0. The predicted octanol–water partition coefficient (Wildman–Crippen LogP) is 5.40. The summed E-state index contributed by atoms with van der Waals surface area (Å²) in [5, 5.41) is 3.04. The van der Waals surface area contributed by atoms with Crippen LogP contribution >= 0.6 is 23.1 Å². The van der Waals surface area contributed by atoms with Crippen LogP contribution in [0.4, 0.5) is 15.2 Å². The van der Waals surface area contributed by atoms with Crippen molar-refractivity contribution in [3.63, 3.8) is 0 Å². The number of aromatic nitrogens is 1. The number of aryl methyl sites for hydroxylation is 1. The van der Waals surface area contributed by atoms with Gasteiger partial charge in [-0.05, 0) is 54.6 Å². The molecule has 1 aliphatic rings. The highest BCUT2D eigenvalue weighted by Gasteiger charge is 2.34. The number of carbonyl (C=O) groups excluding carboxylic acids is 1. The number of thioether (sulfide) groups is 1. The lowest BCUT2D eigenvalue weighted by atomic mass is 10.2. The van der Waals surface area contributed by atoms with Crippen molar-refractivity contribution in [1.29, 1.82) is 0 Å². The second kappa shape index (κ2) is 7.46. The lowest BCUT2D eigenvalue weighted by Crippen LogP contribution is -2.28. The zero-order valence-corrected chi connectivity index (χ0v) is 15.9. The van der Waals surface area contributed by atoms with Crippen molar-refractivity contribution < 1.29 is 9.18 Å². The first-order chi connectivity index (χ1) is 13.1. The van der Waals surface area contributed by atoms with E-state index in [0.29, 0.717) is 20.8 Å². The summed E-state index contributed by atoms with van der Waals surface area (Å²) < 4.78 is 13.5. The number of thiazole rings is 1. The van der Waals surface area contributed by atoms with Crippen molar-refractivity contribution in [2.24, 2.45) is 4.99 Å². The van der Waals surface area contributed by atoms with Crippen molar-refractivity contribution in [2.75, 3.05) is 4.90 Å². The van der Waals surface area contributed by atoms with Gasteiger partial charge in [-0.1, -0.05) is 30.3 Å². The normalized spacial score (nSPS) is 17.3. The van der Waals surface area contributed by atoms with Gasteiger partial charge in [0.05, 0.1) is 16.3 Å². The van der Waals surface area contributed by atoms with Crippen LogP contribution in [0.2, 0.25) is 0 Å². The molecule has 134 valence electrons. The molecule has 2 aromatic carbocycles. The van der Waals surface area contributed by atoms with E-state index in [1.807, 2.05) is 42.6 Å². The third-order valence-electron chi connectivity index (χ3n) is 3.77. The van der Waals surface area contributed by atoms with E-state index in [0.717, 1.165) is 11.4 Å². The van der Waals surface area contributed by atoms with Crippen LogP contribution in [0.25, 0.3) is 6.08 Å². The fourth-order valence-electron chi connectivity index (χ4n) is 2.58. The first kappa shape index (κ1) is 17.6. The number of rotatable bonds is 3. The molecular weight excluding hydrogens is 381 g/mol. The molecule has 0 radical (unpaired) electrons. The molecule has 1 saturated heterocycles. The Morgan fingerprint density at radius 3 is 2.67 bits per heavy atom. The minimum atomic E-state index is -0.341. The van der Waals surface area contributed by atoms with Gasteiger partial charge in [-0.3, -0.25) is 9.69 Å². The molecule has 4 nitrogen and oxygen atoms in total. The van der Waals surface area contributed by atoms with Gasteiger partial charge in [0, 0.05) is 5.38 Å². The van der Waals surface area contributed by atoms with Crippen LogP contribution in [0.3, 0.4) is 0 Å². The molecule has 0 unspecified atom stereocenters. The van der Waals surface area contributed by atoms with Gasteiger partial charge < -0.3 is 0 Å². The Kier molecular flexibility index (Phi) is 4.87. The molecule has 1 fully saturated rings. The number of benzene rings is 2. The SMILES string of the molecule is Cc1csc(/N=C2/S/C(=C\c3cccc(F)c3)C(=O)N2c2ccccc2)n1. The van der Waals surface area contributed by atoms with Gasteiger partial charge in [-0.15, -0.1) is 11.3 Å². The van der Waals surface area contributed by atoms with E-state index in [1.165, 1.54) is 35.2 Å². The number of anilines is 1. The average Bonchev–Trinajstić information content (AvgIpc) is 3.19. The highest BCUT2D eigenvalue weighted by atomic mass is 32.2. The highest BCUT2D eigenvalue weighted by Crippen LogP contribution is 2.37. The van der Waals surface area contributed by atoms with E-state index in [2.05, 4.69) is 9.98 Å². The zero-order chi connectivity index (χ0) is 18.8. The van der Waals surface area contributed by atoms with Crippen LogP contribution in [-0.2, 0) is 4.79 Å². The maximum Gasteiger partial charge on any atom is 0.271 e. The van der Waals surface area contributed by atoms with Crippen LogP contribution in [0.15, 0.2) is 69.9 Å². The first-order valence-corrected chi connectivity index (χ1v) is 9.85. The highest BCUT2D eigenvalue weighted by molar-refractivity contribution is 8.19. The summed E-state index contributed by atoms with van der Waals surface area (Å²) >= 11 is 2.68. The van der Waals surface area contributed by atoms with Crippen LogP contribution in [0.5, 0.6) is 0 Å². The third kappa shape index (κ3) is 3.84. The summed E-state index contributed by atoms with van der Waals surface area (Å²) in [5.74, 6) is -0.533. The molecule has 2 heterocycles. The second-order valence-corrected chi connectivity index (χ2v) is 7.65. The Morgan fingerprint density at radius 2 is 1.96 bits per heavy atom. The maximum absolute atomic E-state index is 13.5. The van der Waals surface area contributed by atoms with E-state index < -0.39 is 0 Å². The summed E-state index contributed by atoms with van der Waals surface area (Å²) in [5.41, 5.74) is 2.24. The minimum absolute atomic E-state index is 0.192. The fraction of sp³-hybridized carbons (Fsp3) is 0.0500. The summed E-state index contributed by atoms with van der Waals surface area (Å²) in [6.45, 7) is 1.90. The molecule has 0 saturated carbocycles. The number of carbonyl (C=O) groups is 1. The van der Waals surface area contributed by atoms with Crippen molar-refractivity contribution in [1.82, 2.24) is 4.98 Å². The number of halogens is 1.